The molecular formula is C18H21NO2. The van der Waals surface area contributed by atoms with Gasteiger partial charge in [-0.3, -0.25) is 0 Å². The maximum Gasteiger partial charge on any atom is 0.119 e. The van der Waals surface area contributed by atoms with Crippen LogP contribution in [0.3, 0.4) is 0 Å². The van der Waals surface area contributed by atoms with E-state index >= 15 is 0 Å². The Hall–Kier alpha value is -1.84. The molecule has 1 N–H and O–H groups in total. The van der Waals surface area contributed by atoms with Gasteiger partial charge in [-0.15, -0.1) is 0 Å². The van der Waals surface area contributed by atoms with Crippen molar-refractivity contribution in [3.8, 4) is 5.75 Å². The van der Waals surface area contributed by atoms with Crippen LogP contribution in [-0.4, -0.2) is 26.4 Å². The Kier molecular flexibility index (Phi) is 4.53. The molecule has 21 heavy (non-hydrogen) atoms. The molecule has 0 bridgehead atoms. The Morgan fingerprint density at radius 3 is 2.57 bits per heavy atom. The SMILES string of the molecule is CNC1c2ccccc2CC1OCCOc1ccccc1. The summed E-state index contributed by atoms with van der Waals surface area (Å²) in [6, 6.07) is 18.7. The van der Waals surface area contributed by atoms with Crippen LogP contribution in [-0.2, 0) is 11.2 Å². The van der Waals surface area contributed by atoms with Crippen molar-refractivity contribution >= 4 is 0 Å². The number of likely N-dealkylation sites (N-methyl/N-ethyl adjacent to an activating group) is 1. The minimum Gasteiger partial charge on any atom is -0.491 e. The molecule has 0 saturated carbocycles. The van der Waals surface area contributed by atoms with E-state index in [1.54, 1.807) is 0 Å². The monoisotopic (exact) mass is 283 g/mol. The molecule has 0 heterocycles. The van der Waals surface area contributed by atoms with Gasteiger partial charge in [0.2, 0.25) is 0 Å². The average Bonchev–Trinajstić information content (AvgIpc) is 2.90. The van der Waals surface area contributed by atoms with E-state index in [1.807, 2.05) is 37.4 Å². The zero-order valence-corrected chi connectivity index (χ0v) is 12.3. The van der Waals surface area contributed by atoms with Gasteiger partial charge in [0.1, 0.15) is 12.4 Å². The molecule has 110 valence electrons. The maximum atomic E-state index is 6.02. The van der Waals surface area contributed by atoms with E-state index in [-0.39, 0.29) is 12.1 Å². The van der Waals surface area contributed by atoms with E-state index in [2.05, 4.69) is 29.6 Å². The summed E-state index contributed by atoms with van der Waals surface area (Å²) in [6.45, 7) is 1.18. The first kappa shape index (κ1) is 14.1. The molecule has 0 aromatic heterocycles. The number of nitrogens with one attached hydrogen (secondary N) is 1. The van der Waals surface area contributed by atoms with E-state index in [0.29, 0.717) is 13.2 Å². The molecule has 2 unspecified atom stereocenters. The summed E-state index contributed by atoms with van der Waals surface area (Å²) in [6.07, 6.45) is 1.15. The first-order valence-electron chi connectivity index (χ1n) is 7.43. The Bertz CT molecular complexity index is 570. The number of benzene rings is 2. The van der Waals surface area contributed by atoms with Crippen molar-refractivity contribution in [3.63, 3.8) is 0 Å². The summed E-state index contributed by atoms with van der Waals surface area (Å²) >= 11 is 0. The number of rotatable bonds is 6. The lowest BCUT2D eigenvalue weighted by atomic mass is 10.1. The highest BCUT2D eigenvalue weighted by Crippen LogP contribution is 2.32. The first-order valence-corrected chi connectivity index (χ1v) is 7.43. The van der Waals surface area contributed by atoms with Gasteiger partial charge >= 0.3 is 0 Å². The van der Waals surface area contributed by atoms with Gasteiger partial charge in [0.15, 0.2) is 0 Å². The summed E-state index contributed by atoms with van der Waals surface area (Å²) in [5.41, 5.74) is 2.74. The van der Waals surface area contributed by atoms with Crippen molar-refractivity contribution in [1.29, 1.82) is 0 Å². The molecule has 3 rings (SSSR count). The maximum absolute atomic E-state index is 6.02. The Labute approximate surface area is 125 Å². The van der Waals surface area contributed by atoms with Crippen LogP contribution in [0.5, 0.6) is 5.75 Å². The molecule has 2 aromatic rings. The van der Waals surface area contributed by atoms with E-state index < -0.39 is 0 Å². The van der Waals surface area contributed by atoms with Crippen LogP contribution in [0.1, 0.15) is 17.2 Å². The minimum absolute atomic E-state index is 0.187. The summed E-state index contributed by atoms with van der Waals surface area (Å²) in [4.78, 5) is 0. The Morgan fingerprint density at radius 2 is 1.76 bits per heavy atom. The third-order valence-corrected chi connectivity index (χ3v) is 3.92. The summed E-state index contributed by atoms with van der Waals surface area (Å²) in [7, 11) is 1.99. The predicted octanol–water partition coefficient (Wildman–Crippen LogP) is 2.97. The van der Waals surface area contributed by atoms with Gasteiger partial charge < -0.3 is 14.8 Å². The Morgan fingerprint density at radius 1 is 1.00 bits per heavy atom. The lowest BCUT2D eigenvalue weighted by Gasteiger charge is -2.20. The highest BCUT2D eigenvalue weighted by molar-refractivity contribution is 5.36. The lowest BCUT2D eigenvalue weighted by Crippen LogP contribution is -2.29. The van der Waals surface area contributed by atoms with Crippen molar-refractivity contribution in [1.82, 2.24) is 5.32 Å². The Balaban J connectivity index is 1.50. The second-order valence-electron chi connectivity index (χ2n) is 5.24. The molecule has 0 fully saturated rings. The highest BCUT2D eigenvalue weighted by atomic mass is 16.5. The molecule has 3 nitrogen and oxygen atoms in total. The molecule has 2 aromatic carbocycles. The van der Waals surface area contributed by atoms with E-state index in [9.17, 15) is 0 Å². The largest absolute Gasteiger partial charge is 0.491 e. The third kappa shape index (κ3) is 3.26. The summed E-state index contributed by atoms with van der Waals surface area (Å²) < 4.78 is 11.7. The molecule has 0 saturated heterocycles. The van der Waals surface area contributed by atoms with Crippen LogP contribution in [0.15, 0.2) is 54.6 Å². The highest BCUT2D eigenvalue weighted by Gasteiger charge is 2.31. The number of hydrogen-bond acceptors (Lipinski definition) is 3. The number of fused-ring (bicyclic) bond motifs is 1. The summed E-state index contributed by atoms with van der Waals surface area (Å²) in [5, 5.41) is 3.36. The van der Waals surface area contributed by atoms with Crippen LogP contribution in [0.4, 0.5) is 0 Å². The first-order chi connectivity index (χ1) is 10.4. The van der Waals surface area contributed by atoms with Gasteiger partial charge in [0.05, 0.1) is 18.8 Å². The van der Waals surface area contributed by atoms with Gasteiger partial charge in [-0.1, -0.05) is 42.5 Å². The van der Waals surface area contributed by atoms with Gasteiger partial charge in [0, 0.05) is 6.42 Å². The van der Waals surface area contributed by atoms with Crippen LogP contribution in [0, 0.1) is 0 Å². The van der Waals surface area contributed by atoms with E-state index in [1.165, 1.54) is 11.1 Å². The van der Waals surface area contributed by atoms with E-state index in [4.69, 9.17) is 9.47 Å². The fourth-order valence-corrected chi connectivity index (χ4v) is 2.93. The normalized spacial score (nSPS) is 20.2. The number of ether oxygens (including phenoxy) is 2. The van der Waals surface area contributed by atoms with Crippen molar-refractivity contribution in [2.24, 2.45) is 0 Å². The minimum atomic E-state index is 0.187. The van der Waals surface area contributed by atoms with Gasteiger partial charge in [-0.05, 0) is 30.3 Å². The van der Waals surface area contributed by atoms with Crippen molar-refractivity contribution in [2.75, 3.05) is 20.3 Å². The van der Waals surface area contributed by atoms with E-state index in [0.717, 1.165) is 12.2 Å². The average molecular weight is 283 g/mol. The van der Waals surface area contributed by atoms with Crippen LogP contribution < -0.4 is 10.1 Å². The number of para-hydroxylation sites is 1. The molecule has 1 aliphatic carbocycles. The molecule has 1 aliphatic rings. The summed E-state index contributed by atoms with van der Waals surface area (Å²) in [5.74, 6) is 0.890. The zero-order valence-electron chi connectivity index (χ0n) is 12.3. The molecule has 3 heteroatoms. The lowest BCUT2D eigenvalue weighted by molar-refractivity contribution is 0.0197. The number of hydrogen-bond donors (Lipinski definition) is 1. The van der Waals surface area contributed by atoms with Gasteiger partial charge in [-0.25, -0.2) is 0 Å². The standard InChI is InChI=1S/C18H21NO2/c1-19-18-16-10-6-5-7-14(16)13-17(18)21-12-11-20-15-8-3-2-4-9-15/h2-10,17-19H,11-13H2,1H3. The molecule has 0 spiro atoms. The topological polar surface area (TPSA) is 30.5 Å². The van der Waals surface area contributed by atoms with Gasteiger partial charge in [-0.2, -0.15) is 0 Å². The van der Waals surface area contributed by atoms with Crippen LogP contribution >= 0.6 is 0 Å². The van der Waals surface area contributed by atoms with Crippen molar-refractivity contribution in [2.45, 2.75) is 18.6 Å². The fourth-order valence-electron chi connectivity index (χ4n) is 2.93. The van der Waals surface area contributed by atoms with Crippen LogP contribution in [0.2, 0.25) is 0 Å². The molecular weight excluding hydrogens is 262 g/mol. The molecule has 0 amide bonds. The van der Waals surface area contributed by atoms with Crippen LogP contribution in [0.25, 0.3) is 0 Å². The quantitative estimate of drug-likeness (QED) is 0.827. The molecule has 0 aliphatic heterocycles. The molecule has 2 atom stereocenters. The second-order valence-corrected chi connectivity index (χ2v) is 5.24. The predicted molar refractivity (Wildman–Crippen MR) is 83.6 cm³/mol. The zero-order chi connectivity index (χ0) is 14.5. The fraction of sp³-hybridized carbons (Fsp3) is 0.333. The smallest absolute Gasteiger partial charge is 0.119 e. The third-order valence-electron chi connectivity index (χ3n) is 3.92. The second kappa shape index (κ2) is 6.74. The van der Waals surface area contributed by atoms with Gasteiger partial charge in [0.25, 0.3) is 0 Å². The van der Waals surface area contributed by atoms with Crippen molar-refractivity contribution < 1.29 is 9.47 Å². The molecule has 0 radical (unpaired) electrons. The van der Waals surface area contributed by atoms with Crippen molar-refractivity contribution in [3.05, 3.63) is 65.7 Å².